The Hall–Kier alpha value is -3.85. The summed E-state index contributed by atoms with van der Waals surface area (Å²) in [6.07, 6.45) is 3.07. The molecule has 1 aliphatic heterocycles. The molecule has 4 rings (SSSR count). The van der Waals surface area contributed by atoms with Crippen LogP contribution in [-0.2, 0) is 0 Å². The van der Waals surface area contributed by atoms with Crippen LogP contribution in [0.5, 0.6) is 5.88 Å². The maximum atomic E-state index is 12.4. The molecule has 0 amide bonds. The molecule has 138 valence electrons. The molecule has 0 saturated carbocycles. The fraction of sp³-hybridized carbons (Fsp3) is 0. The number of nitrogens with zero attached hydrogens (tertiary/aromatic N) is 4. The summed E-state index contributed by atoms with van der Waals surface area (Å²) in [6, 6.07) is 14.8. The number of hydrogen-bond donors (Lipinski definition) is 1. The molecule has 0 unspecified atom stereocenters. The maximum Gasteiger partial charge on any atom is 0.315 e. The topological polar surface area (TPSA) is 110 Å². The van der Waals surface area contributed by atoms with Gasteiger partial charge in [-0.3, -0.25) is 14.9 Å². The molecule has 3 aromatic rings. The Balaban J connectivity index is 1.75. The second-order valence-electron chi connectivity index (χ2n) is 5.83. The van der Waals surface area contributed by atoms with Crippen LogP contribution in [0.25, 0.3) is 11.8 Å². The predicted octanol–water partition coefficient (Wildman–Crippen LogP) is 3.38. The Bertz CT molecular complexity index is 1220. The number of nitro groups is 1. The molecular weight excluding hydrogens is 380 g/mol. The van der Waals surface area contributed by atoms with Crippen molar-refractivity contribution < 1.29 is 10.0 Å². The van der Waals surface area contributed by atoms with Crippen molar-refractivity contribution in [3.05, 3.63) is 90.4 Å². The average Bonchev–Trinajstić information content (AvgIpc) is 3.27. The monoisotopic (exact) mass is 392 g/mol. The van der Waals surface area contributed by atoms with E-state index in [4.69, 9.17) is 0 Å². The highest BCUT2D eigenvalue weighted by Crippen LogP contribution is 2.28. The van der Waals surface area contributed by atoms with E-state index in [1.54, 1.807) is 42.5 Å². The molecule has 0 saturated heterocycles. The van der Waals surface area contributed by atoms with E-state index in [1.807, 2.05) is 6.07 Å². The SMILES string of the molecule is O=c1sc(/C=C2/C=NN=C2c2cccc([N+](=O)[O-])c2)c(O)n1-c1ccccc1. The smallest absolute Gasteiger partial charge is 0.315 e. The first-order chi connectivity index (χ1) is 13.5. The Morgan fingerprint density at radius 3 is 2.68 bits per heavy atom. The van der Waals surface area contributed by atoms with Gasteiger partial charge in [-0.2, -0.15) is 5.10 Å². The van der Waals surface area contributed by atoms with Crippen LogP contribution in [0.3, 0.4) is 0 Å². The van der Waals surface area contributed by atoms with Gasteiger partial charge < -0.3 is 5.11 Å². The standard InChI is InChI=1S/C19H12N4O4S/c24-18-16(28-19(25)22(18)14-6-2-1-3-7-14)10-13-11-20-21-17(13)12-5-4-8-15(9-12)23(26)27/h1-11,24H/b13-10-. The summed E-state index contributed by atoms with van der Waals surface area (Å²) in [5.41, 5.74) is 1.98. The number of aromatic hydroxyl groups is 1. The summed E-state index contributed by atoms with van der Waals surface area (Å²) in [6.45, 7) is 0. The van der Waals surface area contributed by atoms with Crippen molar-refractivity contribution in [2.45, 2.75) is 0 Å². The Morgan fingerprint density at radius 2 is 1.93 bits per heavy atom. The molecule has 0 fully saturated rings. The van der Waals surface area contributed by atoms with Crippen LogP contribution in [0.2, 0.25) is 0 Å². The lowest BCUT2D eigenvalue weighted by Crippen LogP contribution is -2.09. The number of benzene rings is 2. The summed E-state index contributed by atoms with van der Waals surface area (Å²) in [5.74, 6) is -0.188. The van der Waals surface area contributed by atoms with Gasteiger partial charge in [0.15, 0.2) is 0 Å². The highest BCUT2D eigenvalue weighted by Gasteiger charge is 2.19. The van der Waals surface area contributed by atoms with Gasteiger partial charge in [0.25, 0.3) is 5.69 Å². The van der Waals surface area contributed by atoms with Gasteiger partial charge in [-0.05, 0) is 18.2 Å². The third kappa shape index (κ3) is 3.14. The molecule has 1 aliphatic rings. The molecule has 0 radical (unpaired) electrons. The van der Waals surface area contributed by atoms with Crippen molar-refractivity contribution in [2.24, 2.45) is 10.2 Å². The zero-order valence-corrected chi connectivity index (χ0v) is 15.0. The quantitative estimate of drug-likeness (QED) is 0.542. The van der Waals surface area contributed by atoms with Crippen LogP contribution >= 0.6 is 11.3 Å². The highest BCUT2D eigenvalue weighted by atomic mass is 32.1. The van der Waals surface area contributed by atoms with Crippen LogP contribution < -0.4 is 4.87 Å². The molecule has 28 heavy (non-hydrogen) atoms. The minimum absolute atomic E-state index is 0.0609. The van der Waals surface area contributed by atoms with Gasteiger partial charge in [-0.1, -0.05) is 41.7 Å². The summed E-state index contributed by atoms with van der Waals surface area (Å²) in [5, 5.41) is 29.5. The van der Waals surface area contributed by atoms with Crippen molar-refractivity contribution in [3.63, 3.8) is 0 Å². The maximum absolute atomic E-state index is 12.4. The van der Waals surface area contributed by atoms with Crippen molar-refractivity contribution >= 4 is 35.0 Å². The van der Waals surface area contributed by atoms with E-state index < -0.39 is 4.92 Å². The van der Waals surface area contributed by atoms with Gasteiger partial charge in [0.05, 0.1) is 21.7 Å². The first kappa shape index (κ1) is 17.6. The number of rotatable bonds is 4. The van der Waals surface area contributed by atoms with Crippen molar-refractivity contribution in [1.82, 2.24) is 4.57 Å². The first-order valence-corrected chi connectivity index (χ1v) is 8.94. The molecular formula is C19H12N4O4S. The van der Waals surface area contributed by atoms with Crippen LogP contribution in [0.1, 0.15) is 10.4 Å². The van der Waals surface area contributed by atoms with Crippen molar-refractivity contribution in [1.29, 1.82) is 0 Å². The first-order valence-electron chi connectivity index (χ1n) is 8.13. The van der Waals surface area contributed by atoms with Crippen LogP contribution in [0, 0.1) is 10.1 Å². The van der Waals surface area contributed by atoms with Gasteiger partial charge in [0.1, 0.15) is 5.71 Å². The molecule has 1 N–H and O–H groups in total. The summed E-state index contributed by atoms with van der Waals surface area (Å²) in [7, 11) is 0. The van der Waals surface area contributed by atoms with Gasteiger partial charge >= 0.3 is 4.87 Å². The van der Waals surface area contributed by atoms with E-state index in [-0.39, 0.29) is 16.4 Å². The Labute approximate surface area is 162 Å². The third-order valence-corrected chi connectivity index (χ3v) is 4.95. The Morgan fingerprint density at radius 1 is 1.14 bits per heavy atom. The van der Waals surface area contributed by atoms with Gasteiger partial charge in [-0.25, -0.2) is 4.57 Å². The second-order valence-corrected chi connectivity index (χ2v) is 6.82. The number of nitro benzene ring substituents is 1. The molecule has 9 heteroatoms. The summed E-state index contributed by atoms with van der Waals surface area (Å²) < 4.78 is 1.22. The molecule has 0 bridgehead atoms. The van der Waals surface area contributed by atoms with Gasteiger partial charge in [-0.15, -0.1) is 5.10 Å². The number of hydrogen-bond acceptors (Lipinski definition) is 7. The lowest BCUT2D eigenvalue weighted by molar-refractivity contribution is -0.384. The highest BCUT2D eigenvalue weighted by molar-refractivity contribution is 7.10. The largest absolute Gasteiger partial charge is 0.493 e. The number of non-ortho nitro benzene ring substituents is 1. The zero-order chi connectivity index (χ0) is 19.7. The molecule has 8 nitrogen and oxygen atoms in total. The molecule has 0 aliphatic carbocycles. The minimum atomic E-state index is -0.485. The fourth-order valence-corrected chi connectivity index (χ4v) is 3.63. The zero-order valence-electron chi connectivity index (χ0n) is 14.2. The molecule has 2 aromatic carbocycles. The number of para-hydroxylation sites is 1. The molecule has 1 aromatic heterocycles. The van der Waals surface area contributed by atoms with E-state index in [0.717, 1.165) is 11.3 Å². The fourth-order valence-electron chi connectivity index (χ4n) is 2.79. The van der Waals surface area contributed by atoms with Crippen molar-refractivity contribution in [2.75, 3.05) is 0 Å². The normalized spacial score (nSPS) is 14.4. The third-order valence-electron chi connectivity index (χ3n) is 4.07. The van der Waals surface area contributed by atoms with E-state index in [1.165, 1.54) is 22.9 Å². The molecule has 2 heterocycles. The van der Waals surface area contributed by atoms with E-state index in [0.29, 0.717) is 27.4 Å². The van der Waals surface area contributed by atoms with Crippen LogP contribution in [0.15, 0.2) is 75.2 Å². The van der Waals surface area contributed by atoms with E-state index >= 15 is 0 Å². The molecule has 0 atom stereocenters. The Kier molecular flexibility index (Phi) is 4.42. The number of allylic oxidation sites excluding steroid dienone is 1. The van der Waals surface area contributed by atoms with E-state index in [2.05, 4.69) is 10.2 Å². The van der Waals surface area contributed by atoms with Gasteiger partial charge in [0.2, 0.25) is 5.88 Å². The predicted molar refractivity (Wildman–Crippen MR) is 108 cm³/mol. The summed E-state index contributed by atoms with van der Waals surface area (Å²) >= 11 is 0.884. The molecule has 0 spiro atoms. The summed E-state index contributed by atoms with van der Waals surface area (Å²) in [4.78, 5) is 22.9. The van der Waals surface area contributed by atoms with E-state index in [9.17, 15) is 20.0 Å². The average molecular weight is 392 g/mol. The second kappa shape index (κ2) is 7.05. The lowest BCUT2D eigenvalue weighted by atomic mass is 10.0. The number of aromatic nitrogens is 1. The van der Waals surface area contributed by atoms with Gasteiger partial charge in [0, 0.05) is 23.3 Å². The minimum Gasteiger partial charge on any atom is -0.493 e. The number of thiazole rings is 1. The van der Waals surface area contributed by atoms with Crippen LogP contribution in [0.4, 0.5) is 5.69 Å². The van der Waals surface area contributed by atoms with Crippen LogP contribution in [-0.4, -0.2) is 26.5 Å². The lowest BCUT2D eigenvalue weighted by Gasteiger charge is -2.04. The van der Waals surface area contributed by atoms with Crippen molar-refractivity contribution in [3.8, 4) is 11.6 Å².